The number of anilines is 1. The Morgan fingerprint density at radius 3 is 2.57 bits per heavy atom. The number of methoxy groups -OCH3 is 1. The minimum atomic E-state index is -4.03. The quantitative estimate of drug-likeness (QED) is 0.504. The van der Waals surface area contributed by atoms with Crippen molar-refractivity contribution < 1.29 is 22.7 Å². The summed E-state index contributed by atoms with van der Waals surface area (Å²) in [5, 5.41) is 2.18. The Balaban J connectivity index is 1.56. The van der Waals surface area contributed by atoms with Gasteiger partial charge in [-0.1, -0.05) is 53.0 Å². The van der Waals surface area contributed by atoms with Crippen LogP contribution in [0.25, 0.3) is 0 Å². The number of carbonyl (C=O) groups excluding carboxylic acids is 2. The van der Waals surface area contributed by atoms with E-state index in [1.54, 1.807) is 36.4 Å². The van der Waals surface area contributed by atoms with E-state index in [1.165, 1.54) is 24.1 Å². The summed E-state index contributed by atoms with van der Waals surface area (Å²) in [5.74, 6) is -0.0117. The molecule has 0 spiro atoms. The van der Waals surface area contributed by atoms with E-state index in [-0.39, 0.29) is 34.3 Å². The van der Waals surface area contributed by atoms with Gasteiger partial charge in [0, 0.05) is 28.7 Å². The highest BCUT2D eigenvalue weighted by Crippen LogP contribution is 2.36. The highest BCUT2D eigenvalue weighted by Gasteiger charge is 2.43. The molecule has 2 aromatic rings. The lowest BCUT2D eigenvalue weighted by Gasteiger charge is -2.30. The number of hydrogen-bond donors (Lipinski definition) is 1. The summed E-state index contributed by atoms with van der Waals surface area (Å²) in [5.41, 5.74) is 0.556. The molecule has 1 atom stereocenters. The number of benzene rings is 2. The molecule has 1 heterocycles. The average Bonchev–Trinajstić information content (AvgIpc) is 3.13. The summed E-state index contributed by atoms with van der Waals surface area (Å²) in [6.45, 7) is 0. The Bertz CT molecular complexity index is 1230. The Kier molecular flexibility index (Phi) is 8.18. The Morgan fingerprint density at radius 2 is 1.89 bits per heavy atom. The number of nitrogens with one attached hydrogen (secondary N) is 1. The molecule has 11 heteroatoms. The van der Waals surface area contributed by atoms with Gasteiger partial charge in [-0.2, -0.15) is 8.42 Å². The van der Waals surface area contributed by atoms with E-state index in [0.29, 0.717) is 11.4 Å². The number of carbonyl (C=O) groups is 2. The van der Waals surface area contributed by atoms with Gasteiger partial charge >= 0.3 is 0 Å². The number of amides is 2. The fourth-order valence-corrected chi connectivity index (χ4v) is 6.86. The lowest BCUT2D eigenvalue weighted by Crippen LogP contribution is -2.42. The van der Waals surface area contributed by atoms with Crippen molar-refractivity contribution in [3.8, 4) is 5.75 Å². The van der Waals surface area contributed by atoms with Crippen molar-refractivity contribution in [3.05, 3.63) is 53.0 Å². The maximum absolute atomic E-state index is 13.4. The van der Waals surface area contributed by atoms with Gasteiger partial charge in [-0.05, 0) is 49.2 Å². The fraction of sp³-hybridized carbons (Fsp3) is 0.375. The number of amidine groups is 1. The van der Waals surface area contributed by atoms with E-state index >= 15 is 0 Å². The van der Waals surface area contributed by atoms with Crippen LogP contribution in [0.3, 0.4) is 0 Å². The van der Waals surface area contributed by atoms with Crippen LogP contribution < -0.4 is 10.1 Å². The minimum absolute atomic E-state index is 0.0454. The first-order chi connectivity index (χ1) is 16.8. The molecular formula is C24H26BrN3O5S2. The molecule has 1 saturated heterocycles. The molecule has 2 fully saturated rings. The van der Waals surface area contributed by atoms with Gasteiger partial charge in [0.25, 0.3) is 10.0 Å². The first-order valence-corrected chi connectivity index (χ1v) is 14.4. The lowest BCUT2D eigenvalue weighted by molar-refractivity contribution is -0.130. The van der Waals surface area contributed by atoms with E-state index in [1.807, 2.05) is 0 Å². The van der Waals surface area contributed by atoms with Crippen molar-refractivity contribution in [1.82, 2.24) is 4.90 Å². The van der Waals surface area contributed by atoms with Crippen molar-refractivity contribution in [2.24, 2.45) is 4.40 Å². The molecule has 1 saturated carbocycles. The van der Waals surface area contributed by atoms with Crippen LogP contribution in [-0.2, 0) is 19.6 Å². The van der Waals surface area contributed by atoms with Crippen LogP contribution in [0.4, 0.5) is 5.69 Å². The zero-order chi connectivity index (χ0) is 25.0. The van der Waals surface area contributed by atoms with Gasteiger partial charge in [0.1, 0.15) is 11.0 Å². The van der Waals surface area contributed by atoms with E-state index in [0.717, 1.165) is 48.3 Å². The Labute approximate surface area is 217 Å². The summed E-state index contributed by atoms with van der Waals surface area (Å²) in [6, 6.07) is 13.0. The minimum Gasteiger partial charge on any atom is -0.497 e. The summed E-state index contributed by atoms with van der Waals surface area (Å²) in [6.07, 6.45) is 4.49. The van der Waals surface area contributed by atoms with Crippen molar-refractivity contribution in [2.45, 2.75) is 54.7 Å². The van der Waals surface area contributed by atoms with Gasteiger partial charge in [0.2, 0.25) is 11.8 Å². The van der Waals surface area contributed by atoms with E-state index in [4.69, 9.17) is 4.74 Å². The van der Waals surface area contributed by atoms with Crippen LogP contribution in [0.5, 0.6) is 5.75 Å². The molecule has 1 aliphatic heterocycles. The third-order valence-electron chi connectivity index (χ3n) is 5.94. The summed E-state index contributed by atoms with van der Waals surface area (Å²) < 4.78 is 36.0. The van der Waals surface area contributed by atoms with Crippen molar-refractivity contribution >= 4 is 60.4 Å². The monoisotopic (exact) mass is 579 g/mol. The Morgan fingerprint density at radius 1 is 1.17 bits per heavy atom. The highest BCUT2D eigenvalue weighted by atomic mass is 79.9. The number of sulfonamides is 1. The van der Waals surface area contributed by atoms with E-state index < -0.39 is 15.3 Å². The predicted molar refractivity (Wildman–Crippen MR) is 140 cm³/mol. The standard InChI is InChI=1S/C24H26BrN3O5S2/c1-33-19-9-5-6-17(14-19)26-22(29)15-21-23(30)28(18-7-3-2-4-8-18)24(34-21)27-35(31,32)20-12-10-16(25)11-13-20/h5-6,9-14,18,21H,2-4,7-8,15H2,1H3,(H,26,29)/b27-24+. The number of nitrogens with zero attached hydrogens (tertiary/aromatic N) is 2. The molecule has 4 rings (SSSR count). The Hall–Kier alpha value is -2.37. The van der Waals surface area contributed by atoms with Crippen molar-refractivity contribution in [3.63, 3.8) is 0 Å². The van der Waals surface area contributed by atoms with Crippen LogP contribution >= 0.6 is 27.7 Å². The highest BCUT2D eigenvalue weighted by molar-refractivity contribution is 9.10. The van der Waals surface area contributed by atoms with Crippen LogP contribution in [0.1, 0.15) is 38.5 Å². The van der Waals surface area contributed by atoms with Gasteiger partial charge < -0.3 is 10.1 Å². The van der Waals surface area contributed by atoms with Crippen molar-refractivity contribution in [1.29, 1.82) is 0 Å². The maximum atomic E-state index is 13.4. The second-order valence-corrected chi connectivity index (χ2v) is 12.1. The van der Waals surface area contributed by atoms with Crippen LogP contribution in [-0.4, -0.2) is 48.7 Å². The number of halogens is 1. The second-order valence-electron chi connectivity index (χ2n) is 8.39. The fourth-order valence-electron chi connectivity index (χ4n) is 4.20. The molecule has 186 valence electrons. The zero-order valence-electron chi connectivity index (χ0n) is 19.1. The number of hydrogen-bond acceptors (Lipinski definition) is 6. The molecular weight excluding hydrogens is 554 g/mol. The lowest BCUT2D eigenvalue weighted by atomic mass is 9.94. The van der Waals surface area contributed by atoms with Gasteiger partial charge in [0.15, 0.2) is 5.17 Å². The smallest absolute Gasteiger partial charge is 0.284 e. The van der Waals surface area contributed by atoms with Crippen LogP contribution in [0, 0.1) is 0 Å². The molecule has 2 amide bonds. The van der Waals surface area contributed by atoms with Crippen LogP contribution in [0.15, 0.2) is 62.3 Å². The van der Waals surface area contributed by atoms with E-state index in [9.17, 15) is 18.0 Å². The van der Waals surface area contributed by atoms with Gasteiger partial charge in [-0.25, -0.2) is 0 Å². The number of ether oxygens (including phenoxy) is 1. The number of rotatable bonds is 7. The second kappa shape index (κ2) is 11.1. The van der Waals surface area contributed by atoms with Gasteiger partial charge in [-0.3, -0.25) is 14.5 Å². The molecule has 0 aromatic heterocycles. The SMILES string of the molecule is COc1cccc(NC(=O)CC2S/C(=N/S(=O)(=O)c3ccc(Br)cc3)N(C3CCCCC3)C2=O)c1. The van der Waals surface area contributed by atoms with E-state index in [2.05, 4.69) is 25.6 Å². The third-order valence-corrected chi connectivity index (χ3v) is 9.02. The van der Waals surface area contributed by atoms with Crippen molar-refractivity contribution in [2.75, 3.05) is 12.4 Å². The molecule has 2 aliphatic rings. The largest absolute Gasteiger partial charge is 0.497 e. The molecule has 0 bridgehead atoms. The molecule has 35 heavy (non-hydrogen) atoms. The number of thioether (sulfide) groups is 1. The molecule has 1 unspecified atom stereocenters. The first kappa shape index (κ1) is 25.7. The first-order valence-electron chi connectivity index (χ1n) is 11.3. The normalized spacial score (nSPS) is 20.3. The summed E-state index contributed by atoms with van der Waals surface area (Å²) in [7, 11) is -2.49. The van der Waals surface area contributed by atoms with Gasteiger partial charge in [0.05, 0.1) is 12.0 Å². The van der Waals surface area contributed by atoms with Crippen LogP contribution in [0.2, 0.25) is 0 Å². The summed E-state index contributed by atoms with van der Waals surface area (Å²) >= 11 is 4.34. The zero-order valence-corrected chi connectivity index (χ0v) is 22.4. The predicted octanol–water partition coefficient (Wildman–Crippen LogP) is 4.81. The maximum Gasteiger partial charge on any atom is 0.284 e. The topological polar surface area (TPSA) is 105 Å². The summed E-state index contributed by atoms with van der Waals surface area (Å²) in [4.78, 5) is 27.7. The molecule has 8 nitrogen and oxygen atoms in total. The third kappa shape index (κ3) is 6.25. The van der Waals surface area contributed by atoms with Gasteiger partial charge in [-0.15, -0.1) is 4.40 Å². The molecule has 2 aromatic carbocycles. The molecule has 1 aliphatic carbocycles. The average molecular weight is 581 g/mol. The molecule has 0 radical (unpaired) electrons. The molecule has 1 N–H and O–H groups in total.